The van der Waals surface area contributed by atoms with Gasteiger partial charge in [-0.15, -0.1) is 0 Å². The Morgan fingerprint density at radius 2 is 1.45 bits per heavy atom. The SMILES string of the molecule is Cc1cc(Cl)c(Cl)cc1C1=NN(c2ccc(S(=O)(=O)CCO)cc2)C(c2ccc(S(=O)(=O)[O-])cc2S(=O)(=O)[O-])C1.[Na+].[Na+]. The summed E-state index contributed by atoms with van der Waals surface area (Å²) in [6.07, 6.45) is 0.00928. The van der Waals surface area contributed by atoms with E-state index in [1.54, 1.807) is 19.1 Å². The van der Waals surface area contributed by atoms with Crippen LogP contribution in [0.25, 0.3) is 0 Å². The first kappa shape index (κ1) is 37.6. The van der Waals surface area contributed by atoms with E-state index in [0.29, 0.717) is 33.6 Å². The van der Waals surface area contributed by atoms with Crippen LogP contribution in [0.2, 0.25) is 10.0 Å². The van der Waals surface area contributed by atoms with Crippen LogP contribution < -0.4 is 64.1 Å². The summed E-state index contributed by atoms with van der Waals surface area (Å²) in [5.41, 5.74) is 1.83. The van der Waals surface area contributed by atoms with Crippen LogP contribution in [0.5, 0.6) is 0 Å². The molecule has 42 heavy (non-hydrogen) atoms. The van der Waals surface area contributed by atoms with Gasteiger partial charge in [0.05, 0.1) is 54.5 Å². The van der Waals surface area contributed by atoms with Crippen molar-refractivity contribution < 1.29 is 98.6 Å². The minimum atomic E-state index is -5.27. The molecule has 1 aliphatic heterocycles. The van der Waals surface area contributed by atoms with Gasteiger partial charge in [-0.05, 0) is 66.6 Å². The van der Waals surface area contributed by atoms with Crippen molar-refractivity contribution in [3.8, 4) is 0 Å². The van der Waals surface area contributed by atoms with Gasteiger partial charge in [0.1, 0.15) is 20.2 Å². The third kappa shape index (κ3) is 8.17. The summed E-state index contributed by atoms with van der Waals surface area (Å²) in [6, 6.07) is 10.1. The van der Waals surface area contributed by atoms with Gasteiger partial charge in [-0.25, -0.2) is 25.3 Å². The van der Waals surface area contributed by atoms with E-state index in [2.05, 4.69) is 5.10 Å². The molecule has 18 heteroatoms. The molecule has 214 valence electrons. The van der Waals surface area contributed by atoms with Crippen molar-refractivity contribution in [2.45, 2.75) is 34.1 Å². The summed E-state index contributed by atoms with van der Waals surface area (Å²) in [5.74, 6) is -0.489. The maximum Gasteiger partial charge on any atom is 1.00 e. The van der Waals surface area contributed by atoms with Crippen molar-refractivity contribution in [1.82, 2.24) is 0 Å². The molecule has 11 nitrogen and oxygen atoms in total. The van der Waals surface area contributed by atoms with Gasteiger partial charge in [-0.1, -0.05) is 29.3 Å². The van der Waals surface area contributed by atoms with Crippen molar-refractivity contribution in [3.63, 3.8) is 0 Å². The van der Waals surface area contributed by atoms with E-state index in [-0.39, 0.29) is 81.0 Å². The standard InChI is InChI=1S/C24H22Cl2N2O9S3.2Na/c1-14-10-20(25)21(26)12-19(14)22-13-23(18-7-6-17(39(32,33)34)11-24(18)40(35,36)37)28(27-22)15-2-4-16(5-3-15)38(30,31)9-8-29;;/h2-7,10-12,23,29H,8-9,13H2,1H3,(H,32,33,34)(H,35,36,37);;/q;2*+1/p-2. The quantitative estimate of drug-likeness (QED) is 0.192. The van der Waals surface area contributed by atoms with Crippen molar-refractivity contribution in [1.29, 1.82) is 0 Å². The molecule has 0 radical (unpaired) electrons. The van der Waals surface area contributed by atoms with Crippen LogP contribution in [0.1, 0.15) is 29.2 Å². The van der Waals surface area contributed by atoms with Gasteiger partial charge in [0.15, 0.2) is 9.84 Å². The number of halogens is 2. The topological polar surface area (TPSA) is 184 Å². The zero-order valence-electron chi connectivity index (χ0n) is 22.5. The number of anilines is 1. The second-order valence-electron chi connectivity index (χ2n) is 8.84. The largest absolute Gasteiger partial charge is 1.00 e. The Balaban J connectivity index is 0.00000308. The van der Waals surface area contributed by atoms with Crippen LogP contribution in [0, 0.1) is 6.92 Å². The van der Waals surface area contributed by atoms with Gasteiger partial charge in [-0.3, -0.25) is 5.01 Å². The third-order valence-electron chi connectivity index (χ3n) is 6.21. The molecule has 4 rings (SSSR count). The second-order valence-corrected chi connectivity index (χ2v) is 14.5. The fourth-order valence-electron chi connectivity index (χ4n) is 4.32. The van der Waals surface area contributed by atoms with E-state index >= 15 is 0 Å². The van der Waals surface area contributed by atoms with E-state index in [4.69, 9.17) is 28.3 Å². The Hall–Kier alpha value is -0.560. The van der Waals surface area contributed by atoms with Crippen LogP contribution in [0.3, 0.4) is 0 Å². The molecule has 1 heterocycles. The first-order valence-electron chi connectivity index (χ1n) is 11.3. The molecular weight excluding hydrogens is 673 g/mol. The average molecular weight is 694 g/mol. The number of aryl methyl sites for hydroxylation is 1. The Morgan fingerprint density at radius 3 is 2.00 bits per heavy atom. The maximum atomic E-state index is 12.4. The number of benzene rings is 3. The average Bonchev–Trinajstić information content (AvgIpc) is 3.30. The Bertz CT molecular complexity index is 1850. The summed E-state index contributed by atoms with van der Waals surface area (Å²) < 4.78 is 96.0. The van der Waals surface area contributed by atoms with Crippen LogP contribution in [0.4, 0.5) is 5.69 Å². The third-order valence-corrected chi connectivity index (χ3v) is 10.4. The minimum Gasteiger partial charge on any atom is -0.744 e. The Kier molecular flexibility index (Phi) is 12.8. The van der Waals surface area contributed by atoms with Gasteiger partial charge in [0.2, 0.25) is 0 Å². The molecule has 0 saturated carbocycles. The fraction of sp³-hybridized carbons (Fsp3) is 0.208. The van der Waals surface area contributed by atoms with E-state index in [0.717, 1.165) is 12.1 Å². The molecule has 1 N–H and O–H groups in total. The number of hydrogen-bond donors (Lipinski definition) is 1. The number of aliphatic hydroxyl groups is 1. The van der Waals surface area contributed by atoms with Gasteiger partial charge in [-0.2, -0.15) is 5.10 Å². The van der Waals surface area contributed by atoms with Gasteiger partial charge in [0.25, 0.3) is 0 Å². The van der Waals surface area contributed by atoms with Crippen molar-refractivity contribution in [2.24, 2.45) is 5.10 Å². The summed E-state index contributed by atoms with van der Waals surface area (Å²) in [4.78, 5) is -1.88. The Morgan fingerprint density at radius 1 is 0.881 bits per heavy atom. The van der Waals surface area contributed by atoms with Crippen LogP contribution in [-0.2, 0) is 30.1 Å². The molecule has 0 amide bonds. The summed E-state index contributed by atoms with van der Waals surface area (Å²) >= 11 is 12.3. The number of sulfone groups is 1. The number of rotatable bonds is 8. The molecule has 1 atom stereocenters. The van der Waals surface area contributed by atoms with Crippen LogP contribution in [-0.4, -0.2) is 57.5 Å². The van der Waals surface area contributed by atoms with E-state index in [1.165, 1.54) is 29.3 Å². The molecule has 3 aromatic carbocycles. The second kappa shape index (κ2) is 14.3. The van der Waals surface area contributed by atoms with Gasteiger partial charge >= 0.3 is 59.1 Å². The molecule has 0 aromatic heterocycles. The normalized spacial score (nSPS) is 15.5. The van der Waals surface area contributed by atoms with Crippen molar-refractivity contribution >= 4 is 64.7 Å². The van der Waals surface area contributed by atoms with Crippen molar-refractivity contribution in [2.75, 3.05) is 17.4 Å². The summed E-state index contributed by atoms with van der Waals surface area (Å²) in [6.45, 7) is 1.18. The molecule has 0 aliphatic carbocycles. The smallest absolute Gasteiger partial charge is 0.744 e. The molecule has 1 aliphatic rings. The fourth-order valence-corrected chi connectivity index (χ4v) is 7.06. The van der Waals surface area contributed by atoms with E-state index in [9.17, 15) is 34.4 Å². The van der Waals surface area contributed by atoms with Crippen LogP contribution in [0.15, 0.2) is 74.4 Å². The predicted octanol–water partition coefficient (Wildman–Crippen LogP) is -2.76. The van der Waals surface area contributed by atoms with E-state index in [1.807, 2.05) is 0 Å². The van der Waals surface area contributed by atoms with Crippen molar-refractivity contribution in [3.05, 3.63) is 81.3 Å². The molecular formula is C24H20Cl2N2Na2O9S3. The number of hydrogen-bond acceptors (Lipinski definition) is 11. The monoisotopic (exact) mass is 692 g/mol. The Labute approximate surface area is 297 Å². The van der Waals surface area contributed by atoms with E-state index < -0.39 is 58.3 Å². The zero-order chi connectivity index (χ0) is 29.6. The van der Waals surface area contributed by atoms with Crippen LogP contribution >= 0.6 is 23.2 Å². The van der Waals surface area contributed by atoms with Gasteiger partial charge < -0.3 is 14.2 Å². The predicted molar refractivity (Wildman–Crippen MR) is 146 cm³/mol. The maximum absolute atomic E-state index is 12.4. The van der Waals surface area contributed by atoms with Gasteiger partial charge in [0, 0.05) is 12.0 Å². The molecule has 0 saturated heterocycles. The molecule has 0 fully saturated rings. The minimum absolute atomic E-state index is 0. The number of hydrazone groups is 1. The zero-order valence-corrected chi connectivity index (χ0v) is 30.4. The summed E-state index contributed by atoms with van der Waals surface area (Å²) in [5, 5.41) is 15.6. The summed E-state index contributed by atoms with van der Waals surface area (Å²) in [7, 11) is -14.1. The molecule has 0 bridgehead atoms. The number of aliphatic hydroxyl groups excluding tert-OH is 1. The number of nitrogens with zero attached hydrogens (tertiary/aromatic N) is 2. The first-order chi connectivity index (χ1) is 18.5. The molecule has 0 spiro atoms. The molecule has 3 aromatic rings. The molecule has 1 unspecified atom stereocenters. The first-order valence-corrected chi connectivity index (χ1v) is 16.6.